The van der Waals surface area contributed by atoms with E-state index in [1.165, 1.54) is 0 Å². The fourth-order valence-corrected chi connectivity index (χ4v) is 8.06. The van der Waals surface area contributed by atoms with Crippen LogP contribution < -0.4 is 0 Å². The van der Waals surface area contributed by atoms with Crippen molar-refractivity contribution in [2.75, 3.05) is 13.2 Å². The van der Waals surface area contributed by atoms with Crippen LogP contribution in [-0.2, 0) is 20.9 Å². The first kappa shape index (κ1) is 15.3. The molecule has 0 N–H and O–H groups in total. The Kier molecular flexibility index (Phi) is 9.19. The third-order valence-electron chi connectivity index (χ3n) is 1.36. The van der Waals surface area contributed by atoms with E-state index in [9.17, 15) is 0 Å². The highest BCUT2D eigenvalue weighted by molar-refractivity contribution is 8.69. The van der Waals surface area contributed by atoms with E-state index in [1.54, 1.807) is 11.4 Å². The molecule has 0 bridgehead atoms. The lowest BCUT2D eigenvalue weighted by molar-refractivity contribution is 0.280. The number of hydrogen-bond acceptors (Lipinski definition) is 5. The average molecular weight is 274 g/mol. The largest absolute Gasteiger partial charge is 0.322 e. The molecule has 0 saturated heterocycles. The molecule has 2 nitrogen and oxygen atoms in total. The molecule has 0 aliphatic rings. The second-order valence-electron chi connectivity index (χ2n) is 2.63. The van der Waals surface area contributed by atoms with Crippen LogP contribution in [0.25, 0.3) is 0 Å². The molecule has 0 unspecified atom stereocenters. The first-order valence-electron chi connectivity index (χ1n) is 4.83. The predicted molar refractivity (Wildman–Crippen MR) is 72.8 cm³/mol. The third kappa shape index (κ3) is 6.70. The predicted octanol–water partition coefficient (Wildman–Crippen LogP) is 4.07. The monoisotopic (exact) mass is 274 g/mol. The van der Waals surface area contributed by atoms with Crippen LogP contribution in [0.1, 0.15) is 33.6 Å². The van der Waals surface area contributed by atoms with Crippen molar-refractivity contribution < 1.29 is 9.05 Å². The Morgan fingerprint density at radius 1 is 1.29 bits per heavy atom. The second kappa shape index (κ2) is 8.43. The molecule has 0 saturated carbocycles. The summed E-state index contributed by atoms with van der Waals surface area (Å²) in [5.41, 5.74) is -2.13. The molecule has 14 heavy (non-hydrogen) atoms. The van der Waals surface area contributed by atoms with Gasteiger partial charge in [0.05, 0.1) is 17.8 Å². The van der Waals surface area contributed by atoms with Crippen LogP contribution in [0.5, 0.6) is 0 Å². The molecule has 0 rings (SSSR count). The molecule has 0 aromatic carbocycles. The molecule has 6 heteroatoms. The second-order valence-corrected chi connectivity index (χ2v) is 10.0. The van der Waals surface area contributed by atoms with Crippen LogP contribution in [-0.4, -0.2) is 17.8 Å². The van der Waals surface area contributed by atoms with Crippen molar-refractivity contribution in [2.45, 2.75) is 38.2 Å². The Hall–Kier alpha value is 1.27. The van der Waals surface area contributed by atoms with Gasteiger partial charge in [0.25, 0.3) is 0 Å². The molecule has 0 aliphatic carbocycles. The summed E-state index contributed by atoms with van der Waals surface area (Å²) in [7, 11) is 0. The third-order valence-corrected chi connectivity index (χ3v) is 7.90. The van der Waals surface area contributed by atoms with Gasteiger partial charge in [-0.3, -0.25) is 0 Å². The zero-order valence-electron chi connectivity index (χ0n) is 8.93. The molecule has 86 valence electrons. The summed E-state index contributed by atoms with van der Waals surface area (Å²) in [5, 5.41) is 0. The SMILES string of the molecule is CCC[C@@H](S)SP(=S)(OCC)OCC. The molecule has 0 aromatic rings. The van der Waals surface area contributed by atoms with Crippen molar-refractivity contribution in [3.63, 3.8) is 0 Å². The zero-order chi connectivity index (χ0) is 11.0. The summed E-state index contributed by atoms with van der Waals surface area (Å²) in [6.07, 6.45) is 2.14. The van der Waals surface area contributed by atoms with Crippen LogP contribution in [0.2, 0.25) is 0 Å². The highest BCUT2D eigenvalue weighted by atomic mass is 32.9. The summed E-state index contributed by atoms with van der Waals surface area (Å²) in [6, 6.07) is 0. The Morgan fingerprint density at radius 3 is 2.14 bits per heavy atom. The van der Waals surface area contributed by atoms with Gasteiger partial charge in [-0.25, -0.2) is 0 Å². The lowest BCUT2D eigenvalue weighted by Crippen LogP contribution is -1.97. The molecule has 0 radical (unpaired) electrons. The first-order chi connectivity index (χ1) is 6.58. The van der Waals surface area contributed by atoms with Crippen molar-refractivity contribution >= 4 is 41.5 Å². The van der Waals surface area contributed by atoms with E-state index in [4.69, 9.17) is 20.9 Å². The summed E-state index contributed by atoms with van der Waals surface area (Å²) in [6.45, 7) is 7.23. The van der Waals surface area contributed by atoms with Crippen molar-refractivity contribution in [3.05, 3.63) is 0 Å². The van der Waals surface area contributed by atoms with E-state index in [0.717, 1.165) is 12.8 Å². The van der Waals surface area contributed by atoms with Crippen LogP contribution in [0, 0.1) is 0 Å². The standard InChI is InChI=1S/C8H19O2PS3/c1-4-7-8(12)14-11(13,9-5-2)10-6-3/h8,12H,4-7H2,1-3H3/t8-/m0/s1. The van der Waals surface area contributed by atoms with E-state index in [1.807, 2.05) is 13.8 Å². The van der Waals surface area contributed by atoms with Gasteiger partial charge in [0.15, 0.2) is 0 Å². The topological polar surface area (TPSA) is 18.5 Å². The zero-order valence-corrected chi connectivity index (χ0v) is 12.4. The van der Waals surface area contributed by atoms with Crippen LogP contribution >= 0.6 is 29.7 Å². The quantitative estimate of drug-likeness (QED) is 0.408. The summed E-state index contributed by atoms with van der Waals surface area (Å²) in [4.78, 5) is 0. The fourth-order valence-electron chi connectivity index (χ4n) is 0.863. The van der Waals surface area contributed by atoms with E-state index in [-0.39, 0.29) is 4.58 Å². The van der Waals surface area contributed by atoms with Crippen LogP contribution in [0.4, 0.5) is 0 Å². The van der Waals surface area contributed by atoms with Gasteiger partial charge in [0.2, 0.25) is 5.69 Å². The van der Waals surface area contributed by atoms with Crippen molar-refractivity contribution in [2.24, 2.45) is 0 Å². The highest BCUT2D eigenvalue weighted by Crippen LogP contribution is 2.63. The lowest BCUT2D eigenvalue weighted by atomic mass is 10.4. The van der Waals surface area contributed by atoms with Gasteiger partial charge >= 0.3 is 0 Å². The van der Waals surface area contributed by atoms with Gasteiger partial charge in [-0.15, -0.1) is 0 Å². The minimum Gasteiger partial charge on any atom is -0.322 e. The Balaban J connectivity index is 4.13. The Morgan fingerprint density at radius 2 is 1.79 bits per heavy atom. The van der Waals surface area contributed by atoms with Crippen LogP contribution in [0.15, 0.2) is 0 Å². The van der Waals surface area contributed by atoms with Gasteiger partial charge in [-0.2, -0.15) is 12.6 Å². The molecule has 0 heterocycles. The van der Waals surface area contributed by atoms with Gasteiger partial charge in [-0.05, 0) is 32.1 Å². The minimum atomic E-state index is -2.13. The molecule has 1 atom stereocenters. The van der Waals surface area contributed by atoms with Crippen molar-refractivity contribution in [1.82, 2.24) is 0 Å². The minimum absolute atomic E-state index is 0.226. The van der Waals surface area contributed by atoms with E-state index < -0.39 is 5.69 Å². The Labute approximate surface area is 102 Å². The van der Waals surface area contributed by atoms with Gasteiger partial charge in [-0.1, -0.05) is 24.7 Å². The Bertz CT molecular complexity index is 179. The highest BCUT2D eigenvalue weighted by Gasteiger charge is 2.22. The maximum absolute atomic E-state index is 5.50. The maximum Gasteiger partial charge on any atom is 0.248 e. The molecule has 0 amide bonds. The van der Waals surface area contributed by atoms with E-state index in [0.29, 0.717) is 13.2 Å². The van der Waals surface area contributed by atoms with Gasteiger partial charge in [0.1, 0.15) is 0 Å². The smallest absolute Gasteiger partial charge is 0.248 e. The summed E-state index contributed by atoms with van der Waals surface area (Å²) >= 11 is 11.4. The molecule has 0 spiro atoms. The maximum atomic E-state index is 5.50. The summed E-state index contributed by atoms with van der Waals surface area (Å²) in [5.74, 6) is 0. The van der Waals surface area contributed by atoms with E-state index in [2.05, 4.69) is 19.6 Å². The molecule has 0 aliphatic heterocycles. The lowest BCUT2D eigenvalue weighted by Gasteiger charge is -2.22. The number of hydrogen-bond donors (Lipinski definition) is 1. The normalized spacial score (nSPS) is 14.3. The first-order valence-corrected chi connectivity index (χ1v) is 9.47. The fraction of sp³-hybridized carbons (Fsp3) is 1.00. The van der Waals surface area contributed by atoms with Crippen molar-refractivity contribution in [1.29, 1.82) is 0 Å². The average Bonchev–Trinajstić information content (AvgIpc) is 2.04. The van der Waals surface area contributed by atoms with Crippen LogP contribution in [0.3, 0.4) is 0 Å². The van der Waals surface area contributed by atoms with E-state index >= 15 is 0 Å². The summed E-state index contributed by atoms with van der Waals surface area (Å²) < 4.78 is 11.2. The molecular weight excluding hydrogens is 255 g/mol. The number of thiol groups is 1. The molecule has 0 fully saturated rings. The van der Waals surface area contributed by atoms with Gasteiger partial charge < -0.3 is 9.05 Å². The molecular formula is C8H19O2PS3. The number of rotatable bonds is 8. The molecule has 0 aromatic heterocycles. The van der Waals surface area contributed by atoms with Crippen molar-refractivity contribution in [3.8, 4) is 0 Å². The van der Waals surface area contributed by atoms with Gasteiger partial charge in [0, 0.05) is 0 Å².